The van der Waals surface area contributed by atoms with Crippen molar-refractivity contribution in [1.82, 2.24) is 5.32 Å². The van der Waals surface area contributed by atoms with Crippen LogP contribution in [0.15, 0.2) is 22.7 Å². The molecule has 4 heteroatoms. The van der Waals surface area contributed by atoms with Gasteiger partial charge in [-0.25, -0.2) is 0 Å². The van der Waals surface area contributed by atoms with E-state index < -0.39 is 0 Å². The highest BCUT2D eigenvalue weighted by molar-refractivity contribution is 9.10. The van der Waals surface area contributed by atoms with Gasteiger partial charge in [-0.3, -0.25) is 0 Å². The lowest BCUT2D eigenvalue weighted by molar-refractivity contribution is 0.388. The summed E-state index contributed by atoms with van der Waals surface area (Å²) in [7, 11) is 3.69. The Hall–Kier alpha value is -0.740. The molecule has 102 valence electrons. The van der Waals surface area contributed by atoms with Gasteiger partial charge in [0.1, 0.15) is 5.75 Å². The molecule has 0 aliphatic heterocycles. The number of halogens is 1. The SMILES string of the molecule is CNCC(CNc1cc(Br)ccc1OC)C(C)C. The summed E-state index contributed by atoms with van der Waals surface area (Å²) in [4.78, 5) is 0. The largest absolute Gasteiger partial charge is 0.495 e. The lowest BCUT2D eigenvalue weighted by Gasteiger charge is -2.22. The van der Waals surface area contributed by atoms with Crippen molar-refractivity contribution in [3.05, 3.63) is 22.7 Å². The Balaban J connectivity index is 2.68. The molecule has 0 radical (unpaired) electrons. The molecule has 1 aromatic rings. The second-order valence-electron chi connectivity index (χ2n) is 4.79. The average molecular weight is 315 g/mol. The van der Waals surface area contributed by atoms with Gasteiger partial charge in [0.25, 0.3) is 0 Å². The van der Waals surface area contributed by atoms with Gasteiger partial charge in [-0.15, -0.1) is 0 Å². The summed E-state index contributed by atoms with van der Waals surface area (Å²) in [6.07, 6.45) is 0. The first-order valence-electron chi connectivity index (χ1n) is 6.30. The second-order valence-corrected chi connectivity index (χ2v) is 5.70. The molecular formula is C14H23BrN2O. The highest BCUT2D eigenvalue weighted by Crippen LogP contribution is 2.28. The van der Waals surface area contributed by atoms with Gasteiger partial charge in [-0.05, 0) is 43.6 Å². The van der Waals surface area contributed by atoms with Crippen molar-refractivity contribution in [1.29, 1.82) is 0 Å². The Morgan fingerprint density at radius 1 is 1.28 bits per heavy atom. The Kier molecular flexibility index (Phi) is 6.50. The third-order valence-electron chi connectivity index (χ3n) is 3.13. The van der Waals surface area contributed by atoms with E-state index in [0.29, 0.717) is 11.8 Å². The van der Waals surface area contributed by atoms with E-state index in [1.807, 2.05) is 19.2 Å². The van der Waals surface area contributed by atoms with Crippen LogP contribution in [-0.2, 0) is 0 Å². The van der Waals surface area contributed by atoms with Crippen molar-refractivity contribution in [2.75, 3.05) is 32.6 Å². The first-order valence-corrected chi connectivity index (χ1v) is 7.09. The van der Waals surface area contributed by atoms with Gasteiger partial charge < -0.3 is 15.4 Å². The van der Waals surface area contributed by atoms with E-state index in [1.165, 1.54) is 0 Å². The van der Waals surface area contributed by atoms with E-state index in [-0.39, 0.29) is 0 Å². The quantitative estimate of drug-likeness (QED) is 0.809. The lowest BCUT2D eigenvalue weighted by Crippen LogP contribution is -2.29. The molecule has 1 atom stereocenters. The zero-order valence-corrected chi connectivity index (χ0v) is 13.2. The van der Waals surface area contributed by atoms with Gasteiger partial charge in [0, 0.05) is 11.0 Å². The predicted octanol–water partition coefficient (Wildman–Crippen LogP) is 3.36. The molecule has 0 fully saturated rings. The van der Waals surface area contributed by atoms with Gasteiger partial charge >= 0.3 is 0 Å². The highest BCUT2D eigenvalue weighted by atomic mass is 79.9. The molecule has 0 aromatic heterocycles. The predicted molar refractivity (Wildman–Crippen MR) is 81.4 cm³/mol. The summed E-state index contributed by atoms with van der Waals surface area (Å²) in [5.74, 6) is 2.12. The van der Waals surface area contributed by atoms with Crippen LogP contribution < -0.4 is 15.4 Å². The van der Waals surface area contributed by atoms with E-state index in [2.05, 4.69) is 46.5 Å². The normalized spacial score (nSPS) is 12.6. The van der Waals surface area contributed by atoms with E-state index >= 15 is 0 Å². The van der Waals surface area contributed by atoms with Crippen LogP contribution in [0.4, 0.5) is 5.69 Å². The topological polar surface area (TPSA) is 33.3 Å². The van der Waals surface area contributed by atoms with Crippen molar-refractivity contribution in [3.8, 4) is 5.75 Å². The molecule has 0 aliphatic carbocycles. The van der Waals surface area contributed by atoms with Gasteiger partial charge in [-0.1, -0.05) is 29.8 Å². The number of nitrogens with one attached hydrogen (secondary N) is 2. The molecule has 0 spiro atoms. The fourth-order valence-electron chi connectivity index (χ4n) is 1.87. The molecular weight excluding hydrogens is 292 g/mol. The standard InChI is InChI=1S/C14H23BrN2O/c1-10(2)11(8-16-3)9-17-13-7-12(15)5-6-14(13)18-4/h5-7,10-11,16-17H,8-9H2,1-4H3. The zero-order chi connectivity index (χ0) is 13.5. The van der Waals surface area contributed by atoms with E-state index in [1.54, 1.807) is 7.11 Å². The summed E-state index contributed by atoms with van der Waals surface area (Å²) in [6.45, 7) is 6.45. The van der Waals surface area contributed by atoms with Crippen LogP contribution in [0.25, 0.3) is 0 Å². The smallest absolute Gasteiger partial charge is 0.142 e. The van der Waals surface area contributed by atoms with E-state index in [4.69, 9.17) is 4.74 Å². The third kappa shape index (κ3) is 4.50. The zero-order valence-electron chi connectivity index (χ0n) is 11.6. The van der Waals surface area contributed by atoms with Crippen LogP contribution in [0, 0.1) is 11.8 Å². The maximum absolute atomic E-state index is 5.35. The molecule has 1 aromatic carbocycles. The van der Waals surface area contributed by atoms with Gasteiger partial charge in [0.15, 0.2) is 0 Å². The van der Waals surface area contributed by atoms with Crippen LogP contribution in [-0.4, -0.2) is 27.2 Å². The molecule has 0 bridgehead atoms. The highest BCUT2D eigenvalue weighted by Gasteiger charge is 2.13. The number of ether oxygens (including phenoxy) is 1. The number of hydrogen-bond acceptors (Lipinski definition) is 3. The molecule has 0 heterocycles. The van der Waals surface area contributed by atoms with Crippen molar-refractivity contribution in [2.45, 2.75) is 13.8 Å². The molecule has 3 nitrogen and oxygen atoms in total. The molecule has 0 saturated carbocycles. The fourth-order valence-corrected chi connectivity index (χ4v) is 2.23. The van der Waals surface area contributed by atoms with E-state index in [0.717, 1.165) is 29.0 Å². The lowest BCUT2D eigenvalue weighted by atomic mass is 9.95. The maximum atomic E-state index is 5.35. The van der Waals surface area contributed by atoms with Gasteiger partial charge in [-0.2, -0.15) is 0 Å². The first kappa shape index (κ1) is 15.3. The molecule has 2 N–H and O–H groups in total. The number of anilines is 1. The molecule has 1 unspecified atom stereocenters. The molecule has 0 saturated heterocycles. The number of methoxy groups -OCH3 is 1. The summed E-state index contributed by atoms with van der Waals surface area (Å²) in [6, 6.07) is 6.00. The van der Waals surface area contributed by atoms with Crippen molar-refractivity contribution in [3.63, 3.8) is 0 Å². The minimum atomic E-state index is 0.596. The van der Waals surface area contributed by atoms with Crippen LogP contribution in [0.5, 0.6) is 5.75 Å². The Morgan fingerprint density at radius 2 is 2.00 bits per heavy atom. The van der Waals surface area contributed by atoms with Crippen LogP contribution in [0.2, 0.25) is 0 Å². The second kappa shape index (κ2) is 7.64. The Labute approximate surface area is 118 Å². The first-order chi connectivity index (χ1) is 8.58. The van der Waals surface area contributed by atoms with Crippen LogP contribution in [0.1, 0.15) is 13.8 Å². The van der Waals surface area contributed by atoms with Crippen molar-refractivity contribution < 1.29 is 4.74 Å². The number of rotatable bonds is 7. The monoisotopic (exact) mass is 314 g/mol. The van der Waals surface area contributed by atoms with Gasteiger partial charge in [0.05, 0.1) is 12.8 Å². The minimum absolute atomic E-state index is 0.596. The minimum Gasteiger partial charge on any atom is -0.495 e. The van der Waals surface area contributed by atoms with Crippen molar-refractivity contribution >= 4 is 21.6 Å². The number of hydrogen-bond donors (Lipinski definition) is 2. The summed E-state index contributed by atoms with van der Waals surface area (Å²) in [5, 5.41) is 6.72. The Bertz CT molecular complexity index is 369. The van der Waals surface area contributed by atoms with Crippen molar-refractivity contribution in [2.24, 2.45) is 11.8 Å². The molecule has 0 amide bonds. The van der Waals surface area contributed by atoms with Crippen LogP contribution in [0.3, 0.4) is 0 Å². The molecule has 18 heavy (non-hydrogen) atoms. The third-order valence-corrected chi connectivity index (χ3v) is 3.62. The fraction of sp³-hybridized carbons (Fsp3) is 0.571. The summed E-state index contributed by atoms with van der Waals surface area (Å²) < 4.78 is 6.41. The Morgan fingerprint density at radius 3 is 2.56 bits per heavy atom. The van der Waals surface area contributed by atoms with E-state index in [9.17, 15) is 0 Å². The number of benzene rings is 1. The average Bonchev–Trinajstić information content (AvgIpc) is 2.34. The molecule has 1 rings (SSSR count). The maximum Gasteiger partial charge on any atom is 0.142 e. The van der Waals surface area contributed by atoms with Gasteiger partial charge in [0.2, 0.25) is 0 Å². The summed E-state index contributed by atoms with van der Waals surface area (Å²) in [5.41, 5.74) is 1.04. The molecule has 0 aliphatic rings. The summed E-state index contributed by atoms with van der Waals surface area (Å²) >= 11 is 3.48. The van der Waals surface area contributed by atoms with Crippen LogP contribution >= 0.6 is 15.9 Å².